The lowest BCUT2D eigenvalue weighted by molar-refractivity contribution is 0.392. The van der Waals surface area contributed by atoms with Gasteiger partial charge in [-0.3, -0.25) is 4.99 Å². The van der Waals surface area contributed by atoms with Crippen molar-refractivity contribution in [2.24, 2.45) is 4.99 Å². The molecular formula is C20H25IN4O2. The van der Waals surface area contributed by atoms with Crippen molar-refractivity contribution in [2.45, 2.75) is 26.9 Å². The summed E-state index contributed by atoms with van der Waals surface area (Å²) in [5, 5.41) is 13.0. The van der Waals surface area contributed by atoms with Crippen LogP contribution in [0.15, 0.2) is 45.9 Å². The van der Waals surface area contributed by atoms with Crippen LogP contribution in [0.2, 0.25) is 0 Å². The number of nitrogens with zero attached hydrogens (tertiary/aromatic N) is 2. The van der Waals surface area contributed by atoms with E-state index in [4.69, 9.17) is 9.26 Å². The molecule has 0 amide bonds. The Morgan fingerprint density at radius 1 is 1.07 bits per heavy atom. The zero-order valence-electron chi connectivity index (χ0n) is 16.0. The predicted molar refractivity (Wildman–Crippen MR) is 119 cm³/mol. The number of aromatic nitrogens is 1. The maximum Gasteiger partial charge on any atom is 0.191 e. The Morgan fingerprint density at radius 3 is 2.41 bits per heavy atom. The van der Waals surface area contributed by atoms with Gasteiger partial charge >= 0.3 is 0 Å². The van der Waals surface area contributed by atoms with Gasteiger partial charge in [-0.25, -0.2) is 0 Å². The monoisotopic (exact) mass is 480 g/mol. The summed E-state index contributed by atoms with van der Waals surface area (Å²) >= 11 is 0. The van der Waals surface area contributed by atoms with Crippen LogP contribution in [0.4, 0.5) is 0 Å². The van der Waals surface area contributed by atoms with E-state index in [1.54, 1.807) is 14.2 Å². The molecule has 2 N–H and O–H groups in total. The van der Waals surface area contributed by atoms with Gasteiger partial charge < -0.3 is 19.9 Å². The molecule has 1 aromatic heterocycles. The molecule has 0 aliphatic heterocycles. The van der Waals surface area contributed by atoms with Gasteiger partial charge in [0, 0.05) is 31.3 Å². The highest BCUT2D eigenvalue weighted by Gasteiger charge is 2.11. The molecule has 1 heterocycles. The number of ether oxygens (including phenoxy) is 1. The predicted octanol–water partition coefficient (Wildman–Crippen LogP) is 3.94. The van der Waals surface area contributed by atoms with Crippen LogP contribution in [-0.4, -0.2) is 25.3 Å². The van der Waals surface area contributed by atoms with E-state index in [0.29, 0.717) is 19.0 Å². The van der Waals surface area contributed by atoms with Crippen LogP contribution >= 0.6 is 24.0 Å². The van der Waals surface area contributed by atoms with Crippen molar-refractivity contribution in [3.8, 4) is 5.75 Å². The fourth-order valence-electron chi connectivity index (χ4n) is 3.01. The van der Waals surface area contributed by atoms with Gasteiger partial charge in [0.1, 0.15) is 11.5 Å². The van der Waals surface area contributed by atoms with E-state index in [-0.39, 0.29) is 24.0 Å². The third-order valence-corrected chi connectivity index (χ3v) is 4.49. The number of rotatable bonds is 5. The molecule has 0 unspecified atom stereocenters. The van der Waals surface area contributed by atoms with Gasteiger partial charge in [0.25, 0.3) is 0 Å². The zero-order chi connectivity index (χ0) is 18.5. The molecule has 27 heavy (non-hydrogen) atoms. The first-order chi connectivity index (χ1) is 12.6. The maximum absolute atomic E-state index is 5.55. The van der Waals surface area contributed by atoms with E-state index in [0.717, 1.165) is 28.3 Å². The van der Waals surface area contributed by atoms with Crippen LogP contribution in [0.5, 0.6) is 5.75 Å². The van der Waals surface area contributed by atoms with E-state index in [2.05, 4.69) is 39.0 Å². The smallest absolute Gasteiger partial charge is 0.191 e. The molecule has 0 aliphatic carbocycles. The highest BCUT2D eigenvalue weighted by Crippen LogP contribution is 2.27. The average molecular weight is 480 g/mol. The van der Waals surface area contributed by atoms with Crippen molar-refractivity contribution in [2.75, 3.05) is 14.2 Å². The Labute approximate surface area is 176 Å². The third kappa shape index (κ3) is 4.71. The molecule has 0 radical (unpaired) electrons. The van der Waals surface area contributed by atoms with Gasteiger partial charge in [-0.2, -0.15) is 0 Å². The van der Waals surface area contributed by atoms with E-state index < -0.39 is 0 Å². The number of hydrogen-bond donors (Lipinski definition) is 2. The number of guanidine groups is 1. The fourth-order valence-corrected chi connectivity index (χ4v) is 3.01. The molecule has 0 saturated heterocycles. The highest BCUT2D eigenvalue weighted by molar-refractivity contribution is 14.0. The van der Waals surface area contributed by atoms with Crippen LogP contribution in [0.1, 0.15) is 22.6 Å². The maximum atomic E-state index is 5.55. The standard InChI is InChI=1S/C20H24N4O2.HI/c1-13-17(14(2)26-24-13)11-22-20(21-3)23-12-18-16-8-6-5-7-15(16)9-10-19(18)25-4;/h5-10H,11-12H2,1-4H3,(H2,21,22,23);1H. The fraction of sp³-hybridized carbons (Fsp3) is 0.300. The lowest BCUT2D eigenvalue weighted by atomic mass is 10.0. The van der Waals surface area contributed by atoms with Crippen molar-refractivity contribution in [3.05, 3.63) is 59.0 Å². The first-order valence-electron chi connectivity index (χ1n) is 8.55. The Morgan fingerprint density at radius 2 is 1.78 bits per heavy atom. The molecule has 0 bridgehead atoms. The lowest BCUT2D eigenvalue weighted by Crippen LogP contribution is -2.36. The summed E-state index contributed by atoms with van der Waals surface area (Å²) in [6.07, 6.45) is 0. The average Bonchev–Trinajstić information content (AvgIpc) is 2.99. The Hall–Kier alpha value is -2.29. The summed E-state index contributed by atoms with van der Waals surface area (Å²) in [6.45, 7) is 5.05. The molecule has 0 fully saturated rings. The summed E-state index contributed by atoms with van der Waals surface area (Å²) in [5.74, 6) is 2.39. The molecule has 7 heteroatoms. The van der Waals surface area contributed by atoms with Crippen molar-refractivity contribution < 1.29 is 9.26 Å². The topological polar surface area (TPSA) is 71.7 Å². The van der Waals surface area contributed by atoms with Crippen molar-refractivity contribution >= 4 is 40.7 Å². The van der Waals surface area contributed by atoms with Gasteiger partial charge in [-0.05, 0) is 30.7 Å². The summed E-state index contributed by atoms with van der Waals surface area (Å²) in [6, 6.07) is 12.4. The summed E-state index contributed by atoms with van der Waals surface area (Å²) in [5.41, 5.74) is 3.04. The summed E-state index contributed by atoms with van der Waals surface area (Å²) in [4.78, 5) is 4.30. The molecule has 0 spiro atoms. The van der Waals surface area contributed by atoms with E-state index in [1.807, 2.05) is 32.0 Å². The minimum atomic E-state index is 0. The molecule has 3 aromatic rings. The number of methoxy groups -OCH3 is 1. The molecular weight excluding hydrogens is 455 g/mol. The number of aryl methyl sites for hydroxylation is 2. The van der Waals surface area contributed by atoms with E-state index in [1.165, 1.54) is 10.8 Å². The van der Waals surface area contributed by atoms with Gasteiger partial charge in [-0.15, -0.1) is 24.0 Å². The second-order valence-corrected chi connectivity index (χ2v) is 6.05. The van der Waals surface area contributed by atoms with Gasteiger partial charge in [-0.1, -0.05) is 35.5 Å². The Balaban J connectivity index is 0.00000261. The molecule has 0 atom stereocenters. The third-order valence-electron chi connectivity index (χ3n) is 4.49. The van der Waals surface area contributed by atoms with Crippen LogP contribution in [0.3, 0.4) is 0 Å². The number of benzene rings is 2. The zero-order valence-corrected chi connectivity index (χ0v) is 18.3. The number of aliphatic imine (C=N–C) groups is 1. The summed E-state index contributed by atoms with van der Waals surface area (Å²) < 4.78 is 10.8. The van der Waals surface area contributed by atoms with Crippen molar-refractivity contribution in [3.63, 3.8) is 0 Å². The molecule has 2 aromatic carbocycles. The number of fused-ring (bicyclic) bond motifs is 1. The molecule has 144 valence electrons. The number of nitrogens with one attached hydrogen (secondary N) is 2. The molecule has 0 saturated carbocycles. The Kier molecular flexibility index (Phi) is 7.46. The van der Waals surface area contributed by atoms with E-state index in [9.17, 15) is 0 Å². The minimum Gasteiger partial charge on any atom is -0.496 e. The lowest BCUT2D eigenvalue weighted by Gasteiger charge is -2.15. The van der Waals surface area contributed by atoms with Crippen molar-refractivity contribution in [1.29, 1.82) is 0 Å². The van der Waals surface area contributed by atoms with Gasteiger partial charge in [0.2, 0.25) is 0 Å². The SMILES string of the molecule is CN=C(NCc1c(C)noc1C)NCc1c(OC)ccc2ccccc12.I. The van der Waals surface area contributed by atoms with Crippen LogP contribution < -0.4 is 15.4 Å². The number of halogens is 1. The Bertz CT molecular complexity index is 917. The second kappa shape index (κ2) is 9.59. The number of hydrogen-bond acceptors (Lipinski definition) is 4. The molecule has 6 nitrogen and oxygen atoms in total. The summed E-state index contributed by atoms with van der Waals surface area (Å²) in [7, 11) is 3.45. The first-order valence-corrected chi connectivity index (χ1v) is 8.55. The second-order valence-electron chi connectivity index (χ2n) is 6.05. The normalized spacial score (nSPS) is 11.2. The van der Waals surface area contributed by atoms with Gasteiger partial charge in [0.15, 0.2) is 5.96 Å². The van der Waals surface area contributed by atoms with Crippen LogP contribution in [0.25, 0.3) is 10.8 Å². The largest absolute Gasteiger partial charge is 0.496 e. The first kappa shape index (κ1) is 21.0. The molecule has 3 rings (SSSR count). The van der Waals surface area contributed by atoms with Gasteiger partial charge in [0.05, 0.1) is 12.8 Å². The van der Waals surface area contributed by atoms with Crippen LogP contribution in [-0.2, 0) is 13.1 Å². The molecule has 0 aliphatic rings. The minimum absolute atomic E-state index is 0. The van der Waals surface area contributed by atoms with Crippen LogP contribution in [0, 0.1) is 13.8 Å². The van der Waals surface area contributed by atoms with Crippen molar-refractivity contribution in [1.82, 2.24) is 15.8 Å². The highest BCUT2D eigenvalue weighted by atomic mass is 127. The van der Waals surface area contributed by atoms with E-state index >= 15 is 0 Å². The quantitative estimate of drug-likeness (QED) is 0.329.